The van der Waals surface area contributed by atoms with Gasteiger partial charge >= 0.3 is 11.9 Å². The molecule has 0 aliphatic heterocycles. The van der Waals surface area contributed by atoms with Crippen molar-refractivity contribution in [3.05, 3.63) is 59.8 Å². The Labute approximate surface area is 145 Å². The van der Waals surface area contributed by atoms with Gasteiger partial charge in [0.05, 0.1) is 16.6 Å². The van der Waals surface area contributed by atoms with E-state index in [-0.39, 0.29) is 22.8 Å². The minimum Gasteiger partial charge on any atom is -0.493 e. The van der Waals surface area contributed by atoms with Crippen molar-refractivity contribution in [3.63, 3.8) is 0 Å². The number of nitrogens with one attached hydrogen (secondary N) is 2. The number of carbonyl (C=O) groups excluding carboxylic acids is 1. The van der Waals surface area contributed by atoms with Gasteiger partial charge < -0.3 is 20.2 Å². The molecule has 0 unspecified atom stereocenters. The van der Waals surface area contributed by atoms with E-state index in [0.29, 0.717) is 21.8 Å². The number of aromatic amines is 2. The quantitative estimate of drug-likeness (QED) is 0.417. The predicted molar refractivity (Wildman–Crippen MR) is 94.1 cm³/mol. The molecule has 2 heterocycles. The summed E-state index contributed by atoms with van der Waals surface area (Å²) in [6.07, 6.45) is 0. The number of aromatic carboxylic acids is 1. The molecule has 0 atom stereocenters. The lowest BCUT2D eigenvalue weighted by atomic mass is 10.1. The van der Waals surface area contributed by atoms with Gasteiger partial charge in [0.2, 0.25) is 5.88 Å². The molecule has 0 saturated carbocycles. The lowest BCUT2D eigenvalue weighted by Gasteiger charge is -1.95. The SMILES string of the molecule is O=C(N=Nc1c(O)[nH]c2ccccc12)c1cc2cccc(C(=O)O)c2[nH]1. The summed E-state index contributed by atoms with van der Waals surface area (Å²) in [5, 5.41) is 27.9. The molecule has 4 rings (SSSR count). The number of nitrogens with zero attached hydrogens (tertiary/aromatic N) is 2. The van der Waals surface area contributed by atoms with Gasteiger partial charge in [0.15, 0.2) is 5.69 Å². The third-order valence-electron chi connectivity index (χ3n) is 4.02. The summed E-state index contributed by atoms with van der Waals surface area (Å²) >= 11 is 0. The zero-order chi connectivity index (χ0) is 18.3. The molecule has 26 heavy (non-hydrogen) atoms. The second-order valence-electron chi connectivity index (χ2n) is 5.63. The first kappa shape index (κ1) is 15.6. The smallest absolute Gasteiger partial charge is 0.337 e. The third kappa shape index (κ3) is 2.49. The minimum atomic E-state index is -1.10. The highest BCUT2D eigenvalue weighted by Gasteiger charge is 2.15. The van der Waals surface area contributed by atoms with Crippen molar-refractivity contribution >= 4 is 39.4 Å². The first-order valence-electron chi connectivity index (χ1n) is 7.65. The Morgan fingerprint density at radius 2 is 1.81 bits per heavy atom. The maximum absolute atomic E-state index is 12.3. The normalized spacial score (nSPS) is 11.5. The van der Waals surface area contributed by atoms with Crippen molar-refractivity contribution in [3.8, 4) is 5.88 Å². The second kappa shape index (κ2) is 5.85. The van der Waals surface area contributed by atoms with Crippen LogP contribution in [-0.4, -0.2) is 32.1 Å². The standard InChI is InChI=1S/C18H12N4O4/c23-16(13-8-9-4-3-6-11(18(25)26)14(9)19-13)22-21-15-10-5-1-2-7-12(10)20-17(15)24/h1-8,19-20,24H,(H,25,26). The number of hydrogen-bond acceptors (Lipinski definition) is 4. The summed E-state index contributed by atoms with van der Waals surface area (Å²) in [6.45, 7) is 0. The van der Waals surface area contributed by atoms with E-state index in [1.165, 1.54) is 12.1 Å². The van der Waals surface area contributed by atoms with E-state index in [4.69, 9.17) is 0 Å². The highest BCUT2D eigenvalue weighted by Crippen LogP contribution is 2.35. The maximum atomic E-state index is 12.3. The molecule has 4 aromatic rings. The van der Waals surface area contributed by atoms with Crippen molar-refractivity contribution in [2.75, 3.05) is 0 Å². The van der Waals surface area contributed by atoms with Crippen molar-refractivity contribution in [1.29, 1.82) is 0 Å². The van der Waals surface area contributed by atoms with Crippen molar-refractivity contribution in [1.82, 2.24) is 9.97 Å². The van der Waals surface area contributed by atoms with E-state index in [1.807, 2.05) is 0 Å². The molecule has 8 nitrogen and oxygen atoms in total. The molecule has 0 aliphatic carbocycles. The average molecular weight is 348 g/mol. The Morgan fingerprint density at radius 1 is 1.00 bits per heavy atom. The number of hydrogen-bond donors (Lipinski definition) is 4. The third-order valence-corrected chi connectivity index (χ3v) is 4.02. The van der Waals surface area contributed by atoms with Gasteiger partial charge in [-0.3, -0.25) is 4.79 Å². The van der Waals surface area contributed by atoms with Gasteiger partial charge in [-0.25, -0.2) is 4.79 Å². The number of aromatic hydroxyl groups is 1. The van der Waals surface area contributed by atoms with Gasteiger partial charge in [0, 0.05) is 10.8 Å². The lowest BCUT2D eigenvalue weighted by Crippen LogP contribution is -1.98. The molecule has 128 valence electrons. The zero-order valence-corrected chi connectivity index (χ0v) is 13.2. The van der Waals surface area contributed by atoms with E-state index in [1.54, 1.807) is 36.4 Å². The summed E-state index contributed by atoms with van der Waals surface area (Å²) in [6, 6.07) is 13.3. The van der Waals surface area contributed by atoms with Crippen LogP contribution in [0.5, 0.6) is 5.88 Å². The number of para-hydroxylation sites is 2. The Kier molecular flexibility index (Phi) is 3.51. The molecule has 0 bridgehead atoms. The highest BCUT2D eigenvalue weighted by molar-refractivity contribution is 6.06. The maximum Gasteiger partial charge on any atom is 0.337 e. The number of carboxylic acids is 1. The summed E-state index contributed by atoms with van der Waals surface area (Å²) in [4.78, 5) is 29.1. The van der Waals surface area contributed by atoms with E-state index >= 15 is 0 Å². The fourth-order valence-electron chi connectivity index (χ4n) is 2.81. The van der Waals surface area contributed by atoms with Gasteiger partial charge in [-0.05, 0) is 18.2 Å². The fraction of sp³-hybridized carbons (Fsp3) is 0. The van der Waals surface area contributed by atoms with Gasteiger partial charge in [-0.1, -0.05) is 30.3 Å². The summed E-state index contributed by atoms with van der Waals surface area (Å²) in [7, 11) is 0. The van der Waals surface area contributed by atoms with Gasteiger partial charge in [0.25, 0.3) is 0 Å². The molecule has 2 aromatic carbocycles. The van der Waals surface area contributed by atoms with Crippen LogP contribution in [0.4, 0.5) is 5.69 Å². The first-order chi connectivity index (χ1) is 12.5. The van der Waals surface area contributed by atoms with Gasteiger partial charge in [0.1, 0.15) is 5.69 Å². The van der Waals surface area contributed by atoms with Gasteiger partial charge in [-0.15, -0.1) is 10.2 Å². The molecule has 0 saturated heterocycles. The van der Waals surface area contributed by atoms with Crippen LogP contribution < -0.4 is 0 Å². The Hall–Kier alpha value is -3.94. The summed E-state index contributed by atoms with van der Waals surface area (Å²) < 4.78 is 0. The largest absolute Gasteiger partial charge is 0.493 e. The lowest BCUT2D eigenvalue weighted by molar-refractivity contribution is 0.0698. The van der Waals surface area contributed by atoms with Crippen LogP contribution in [0.1, 0.15) is 20.8 Å². The Balaban J connectivity index is 1.71. The van der Waals surface area contributed by atoms with Crippen LogP contribution in [0.3, 0.4) is 0 Å². The van der Waals surface area contributed by atoms with E-state index in [2.05, 4.69) is 20.2 Å². The Morgan fingerprint density at radius 3 is 2.62 bits per heavy atom. The number of amides is 1. The van der Waals surface area contributed by atoms with Gasteiger partial charge in [-0.2, -0.15) is 0 Å². The molecule has 8 heteroatoms. The molecular weight excluding hydrogens is 336 g/mol. The molecule has 0 fully saturated rings. The van der Waals surface area contributed by atoms with Crippen LogP contribution in [0.2, 0.25) is 0 Å². The number of rotatable bonds is 3. The van der Waals surface area contributed by atoms with Crippen LogP contribution >= 0.6 is 0 Å². The van der Waals surface area contributed by atoms with Crippen molar-refractivity contribution in [2.45, 2.75) is 0 Å². The second-order valence-corrected chi connectivity index (χ2v) is 5.63. The minimum absolute atomic E-state index is 0.0627. The van der Waals surface area contributed by atoms with Crippen molar-refractivity contribution in [2.24, 2.45) is 10.2 Å². The molecule has 2 aromatic heterocycles. The molecule has 0 radical (unpaired) electrons. The molecule has 4 N–H and O–H groups in total. The summed E-state index contributed by atoms with van der Waals surface area (Å²) in [5.41, 5.74) is 1.34. The van der Waals surface area contributed by atoms with Crippen LogP contribution in [-0.2, 0) is 0 Å². The monoisotopic (exact) mass is 348 g/mol. The number of carboxylic acid groups (broad SMARTS) is 1. The van der Waals surface area contributed by atoms with Crippen LogP contribution in [0.15, 0.2) is 58.8 Å². The van der Waals surface area contributed by atoms with E-state index in [9.17, 15) is 19.8 Å². The molecule has 0 spiro atoms. The molecule has 1 amide bonds. The van der Waals surface area contributed by atoms with E-state index in [0.717, 1.165) is 0 Å². The topological polar surface area (TPSA) is 131 Å². The molecule has 0 aliphatic rings. The Bertz CT molecular complexity index is 1200. The predicted octanol–water partition coefficient (Wildman–Crippen LogP) is 3.98. The number of H-pyrrole nitrogens is 2. The highest BCUT2D eigenvalue weighted by atomic mass is 16.4. The van der Waals surface area contributed by atoms with Crippen molar-refractivity contribution < 1.29 is 19.8 Å². The zero-order valence-electron chi connectivity index (χ0n) is 13.2. The summed E-state index contributed by atoms with van der Waals surface area (Å²) in [5.74, 6) is -1.96. The number of azo groups is 1. The molecular formula is C18H12N4O4. The average Bonchev–Trinajstić information content (AvgIpc) is 3.19. The van der Waals surface area contributed by atoms with E-state index < -0.39 is 11.9 Å². The number of fused-ring (bicyclic) bond motifs is 2. The first-order valence-corrected chi connectivity index (χ1v) is 7.65. The number of aromatic nitrogens is 2. The van der Waals surface area contributed by atoms with Crippen LogP contribution in [0.25, 0.3) is 21.8 Å². The number of benzene rings is 2. The fourth-order valence-corrected chi connectivity index (χ4v) is 2.81. The number of carbonyl (C=O) groups is 2. The van der Waals surface area contributed by atoms with Crippen LogP contribution in [0, 0.1) is 0 Å².